The number of hydrogen-bond acceptors (Lipinski definition) is 3. The number of nitro groups is 1. The van der Waals surface area contributed by atoms with Crippen LogP contribution in [0.2, 0.25) is 0 Å². The second kappa shape index (κ2) is 5.26. The van der Waals surface area contributed by atoms with Crippen LogP contribution in [0.15, 0.2) is 18.2 Å². The third-order valence-electron chi connectivity index (χ3n) is 2.55. The molecule has 1 N–H and O–H groups in total. The van der Waals surface area contributed by atoms with Crippen LogP contribution in [0.4, 0.5) is 16.2 Å². The SMILES string of the molecule is Cc1cc([N+](=O)[O-])ccc1N(CC(C)(C)C)C(=O)O. The lowest BCUT2D eigenvalue weighted by atomic mass is 9.95. The average Bonchev–Trinajstić information content (AvgIpc) is 2.24. The highest BCUT2D eigenvalue weighted by molar-refractivity contribution is 5.87. The zero-order valence-corrected chi connectivity index (χ0v) is 11.5. The molecule has 1 rings (SSSR count). The molecule has 6 nitrogen and oxygen atoms in total. The number of carboxylic acid groups (broad SMARTS) is 1. The van der Waals surface area contributed by atoms with Gasteiger partial charge in [0.2, 0.25) is 0 Å². The van der Waals surface area contributed by atoms with Crippen molar-refractivity contribution in [3.05, 3.63) is 33.9 Å². The number of non-ortho nitro benzene ring substituents is 1. The number of hydrogen-bond donors (Lipinski definition) is 1. The fourth-order valence-corrected chi connectivity index (χ4v) is 1.79. The lowest BCUT2D eigenvalue weighted by Gasteiger charge is -2.28. The fourth-order valence-electron chi connectivity index (χ4n) is 1.79. The number of carbonyl (C=O) groups is 1. The second-order valence-electron chi connectivity index (χ2n) is 5.66. The lowest BCUT2D eigenvalue weighted by molar-refractivity contribution is -0.384. The van der Waals surface area contributed by atoms with Crippen molar-refractivity contribution in [3.8, 4) is 0 Å². The summed E-state index contributed by atoms with van der Waals surface area (Å²) in [5.74, 6) is 0. The maximum atomic E-state index is 11.3. The molecule has 0 aromatic heterocycles. The third kappa shape index (κ3) is 3.94. The highest BCUT2D eigenvalue weighted by Crippen LogP contribution is 2.27. The van der Waals surface area contributed by atoms with Crippen molar-refractivity contribution in [3.63, 3.8) is 0 Å². The molecule has 0 atom stereocenters. The minimum Gasteiger partial charge on any atom is -0.465 e. The second-order valence-corrected chi connectivity index (χ2v) is 5.66. The summed E-state index contributed by atoms with van der Waals surface area (Å²) in [5.41, 5.74) is 0.809. The van der Waals surface area contributed by atoms with Crippen LogP contribution in [0.1, 0.15) is 26.3 Å². The van der Waals surface area contributed by atoms with Gasteiger partial charge in [-0.15, -0.1) is 0 Å². The zero-order valence-electron chi connectivity index (χ0n) is 11.5. The van der Waals surface area contributed by atoms with Crippen LogP contribution in [0.5, 0.6) is 0 Å². The van der Waals surface area contributed by atoms with Crippen molar-refractivity contribution in [2.75, 3.05) is 11.4 Å². The van der Waals surface area contributed by atoms with E-state index in [1.54, 1.807) is 6.92 Å². The van der Waals surface area contributed by atoms with Crippen LogP contribution >= 0.6 is 0 Å². The summed E-state index contributed by atoms with van der Waals surface area (Å²) >= 11 is 0. The molecular weight excluding hydrogens is 248 g/mol. The van der Waals surface area contributed by atoms with Gasteiger partial charge in [-0.25, -0.2) is 4.79 Å². The molecule has 0 saturated carbocycles. The minimum atomic E-state index is -1.06. The van der Waals surface area contributed by atoms with Crippen molar-refractivity contribution >= 4 is 17.5 Å². The van der Waals surface area contributed by atoms with Gasteiger partial charge >= 0.3 is 6.09 Å². The number of rotatable bonds is 3. The van der Waals surface area contributed by atoms with E-state index in [4.69, 9.17) is 0 Å². The highest BCUT2D eigenvalue weighted by Gasteiger charge is 2.24. The van der Waals surface area contributed by atoms with E-state index < -0.39 is 11.0 Å². The zero-order chi connectivity index (χ0) is 14.8. The standard InChI is InChI=1S/C13H18N2O4/c1-9-7-10(15(18)19)5-6-11(9)14(12(16)17)8-13(2,3)4/h5-7H,8H2,1-4H3,(H,16,17). The molecule has 1 aromatic rings. The molecule has 0 aliphatic carbocycles. The number of amides is 1. The van der Waals surface area contributed by atoms with E-state index >= 15 is 0 Å². The van der Waals surface area contributed by atoms with Crippen molar-refractivity contribution in [2.24, 2.45) is 5.41 Å². The molecule has 0 heterocycles. The Bertz CT molecular complexity index is 506. The Balaban J connectivity index is 3.17. The van der Waals surface area contributed by atoms with Gasteiger partial charge < -0.3 is 5.11 Å². The van der Waals surface area contributed by atoms with Gasteiger partial charge in [0.25, 0.3) is 5.69 Å². The molecule has 0 radical (unpaired) electrons. The fraction of sp³-hybridized carbons (Fsp3) is 0.462. The largest absolute Gasteiger partial charge is 0.465 e. The maximum absolute atomic E-state index is 11.3. The van der Waals surface area contributed by atoms with Gasteiger partial charge in [-0.1, -0.05) is 20.8 Å². The van der Waals surface area contributed by atoms with Crippen molar-refractivity contribution in [1.82, 2.24) is 0 Å². The van der Waals surface area contributed by atoms with Crippen LogP contribution in [0.3, 0.4) is 0 Å². The van der Waals surface area contributed by atoms with Gasteiger partial charge in [-0.3, -0.25) is 15.0 Å². The average molecular weight is 266 g/mol. The Labute approximate surface area is 111 Å². The molecule has 1 amide bonds. The maximum Gasteiger partial charge on any atom is 0.411 e. The third-order valence-corrected chi connectivity index (χ3v) is 2.55. The van der Waals surface area contributed by atoms with Crippen LogP contribution in [0, 0.1) is 22.5 Å². The summed E-state index contributed by atoms with van der Waals surface area (Å²) in [6, 6.07) is 4.18. The molecule has 19 heavy (non-hydrogen) atoms. The first-order valence-corrected chi connectivity index (χ1v) is 5.87. The van der Waals surface area contributed by atoms with Gasteiger partial charge in [0.15, 0.2) is 0 Å². The number of aryl methyl sites for hydroxylation is 1. The minimum absolute atomic E-state index is 0.0395. The van der Waals surface area contributed by atoms with E-state index in [0.717, 1.165) is 0 Å². The van der Waals surface area contributed by atoms with E-state index in [2.05, 4.69) is 0 Å². The Morgan fingerprint density at radius 2 is 2.00 bits per heavy atom. The summed E-state index contributed by atoms with van der Waals surface area (Å²) < 4.78 is 0. The van der Waals surface area contributed by atoms with E-state index in [0.29, 0.717) is 17.8 Å². The van der Waals surface area contributed by atoms with Gasteiger partial charge in [0, 0.05) is 18.7 Å². The Hall–Kier alpha value is -2.11. The van der Waals surface area contributed by atoms with E-state index in [1.807, 2.05) is 20.8 Å². The monoisotopic (exact) mass is 266 g/mol. The number of nitrogens with zero attached hydrogens (tertiary/aromatic N) is 2. The van der Waals surface area contributed by atoms with E-state index in [-0.39, 0.29) is 11.1 Å². The van der Waals surface area contributed by atoms with Gasteiger partial charge in [-0.05, 0) is 24.0 Å². The first kappa shape index (κ1) is 14.9. The normalized spacial score (nSPS) is 11.2. The molecule has 0 fully saturated rings. The van der Waals surface area contributed by atoms with Crippen molar-refractivity contribution in [2.45, 2.75) is 27.7 Å². The Morgan fingerprint density at radius 1 is 1.42 bits per heavy atom. The van der Waals surface area contributed by atoms with Crippen LogP contribution in [0.25, 0.3) is 0 Å². The summed E-state index contributed by atoms with van der Waals surface area (Å²) in [7, 11) is 0. The first-order valence-electron chi connectivity index (χ1n) is 5.87. The molecule has 1 aromatic carbocycles. The van der Waals surface area contributed by atoms with Gasteiger partial charge in [0.1, 0.15) is 0 Å². The highest BCUT2D eigenvalue weighted by atomic mass is 16.6. The van der Waals surface area contributed by atoms with Crippen LogP contribution in [-0.2, 0) is 0 Å². The molecule has 0 spiro atoms. The Morgan fingerprint density at radius 3 is 2.37 bits per heavy atom. The van der Waals surface area contributed by atoms with Crippen LogP contribution < -0.4 is 4.90 Å². The molecule has 0 saturated heterocycles. The first-order chi connectivity index (χ1) is 8.61. The van der Waals surface area contributed by atoms with E-state index in [9.17, 15) is 20.0 Å². The summed E-state index contributed by atoms with van der Waals surface area (Å²) in [4.78, 5) is 22.7. The predicted molar refractivity (Wildman–Crippen MR) is 72.7 cm³/mol. The van der Waals surface area contributed by atoms with Gasteiger partial charge in [0.05, 0.1) is 10.6 Å². The molecule has 0 bridgehead atoms. The Kier molecular flexibility index (Phi) is 4.14. The van der Waals surface area contributed by atoms with Crippen LogP contribution in [-0.4, -0.2) is 22.7 Å². The topological polar surface area (TPSA) is 83.7 Å². The van der Waals surface area contributed by atoms with E-state index in [1.165, 1.54) is 23.1 Å². The quantitative estimate of drug-likeness (QED) is 0.671. The van der Waals surface area contributed by atoms with Crippen molar-refractivity contribution in [1.29, 1.82) is 0 Å². The predicted octanol–water partition coefficient (Wildman–Crippen LogP) is 3.43. The summed E-state index contributed by atoms with van der Waals surface area (Å²) in [6.07, 6.45) is -1.06. The smallest absolute Gasteiger partial charge is 0.411 e. The number of nitro benzene ring substituents is 1. The molecule has 0 unspecified atom stereocenters. The molecule has 0 aliphatic rings. The molecular formula is C13H18N2O4. The molecule has 0 aliphatic heterocycles. The summed E-state index contributed by atoms with van der Waals surface area (Å²) in [6.45, 7) is 7.79. The van der Waals surface area contributed by atoms with Crippen molar-refractivity contribution < 1.29 is 14.8 Å². The molecule has 104 valence electrons. The number of benzene rings is 1. The lowest BCUT2D eigenvalue weighted by Crippen LogP contribution is -2.37. The van der Waals surface area contributed by atoms with Gasteiger partial charge in [-0.2, -0.15) is 0 Å². The summed E-state index contributed by atoms with van der Waals surface area (Å²) in [5, 5.41) is 20.0. The number of anilines is 1. The molecule has 6 heteroatoms.